The zero-order chi connectivity index (χ0) is 16.4. The molecule has 1 amide bonds. The summed E-state index contributed by atoms with van der Waals surface area (Å²) in [6, 6.07) is 8.94. The molecule has 0 bridgehead atoms. The van der Waals surface area contributed by atoms with E-state index in [2.05, 4.69) is 0 Å². The molecule has 0 spiro atoms. The van der Waals surface area contributed by atoms with Crippen LogP contribution in [0.2, 0.25) is 0 Å². The summed E-state index contributed by atoms with van der Waals surface area (Å²) >= 11 is 0. The number of carbonyl (C=O) groups is 1. The Hall–Kier alpha value is -1.44. The lowest BCUT2D eigenvalue weighted by Crippen LogP contribution is -2.64. The van der Waals surface area contributed by atoms with Crippen LogP contribution in [-0.2, 0) is 14.8 Å². The van der Waals surface area contributed by atoms with Crippen molar-refractivity contribution in [3.8, 4) is 0 Å². The Bertz CT molecular complexity index is 650. The van der Waals surface area contributed by atoms with Gasteiger partial charge in [-0.2, -0.15) is 4.31 Å². The fourth-order valence-electron chi connectivity index (χ4n) is 3.32. The topological polar surface area (TPSA) is 66.9 Å². The van der Waals surface area contributed by atoms with E-state index in [0.29, 0.717) is 31.9 Å². The molecule has 1 aromatic carbocycles. The highest BCUT2D eigenvalue weighted by atomic mass is 32.2. The number of amides is 1. The standard InChI is InChI=1S/C16H22N2O4S/c1-23(20,21)18(14-7-9-22-10-8-14)15-11-17(12-15)16(19)13-5-3-2-4-6-13/h2-6,14-15H,7-12H2,1H3. The fourth-order valence-corrected chi connectivity index (χ4v) is 4.75. The molecule has 2 heterocycles. The van der Waals surface area contributed by atoms with Crippen molar-refractivity contribution in [2.45, 2.75) is 24.9 Å². The van der Waals surface area contributed by atoms with E-state index in [-0.39, 0.29) is 18.0 Å². The molecule has 0 unspecified atom stereocenters. The van der Waals surface area contributed by atoms with Gasteiger partial charge in [-0.1, -0.05) is 18.2 Å². The molecule has 7 heteroatoms. The van der Waals surface area contributed by atoms with Gasteiger partial charge in [-0.25, -0.2) is 8.42 Å². The van der Waals surface area contributed by atoms with Crippen LogP contribution < -0.4 is 0 Å². The zero-order valence-electron chi connectivity index (χ0n) is 13.2. The van der Waals surface area contributed by atoms with E-state index in [1.54, 1.807) is 21.3 Å². The van der Waals surface area contributed by atoms with Crippen molar-refractivity contribution in [1.82, 2.24) is 9.21 Å². The first-order valence-electron chi connectivity index (χ1n) is 7.87. The molecular weight excluding hydrogens is 316 g/mol. The van der Waals surface area contributed by atoms with Crippen LogP contribution in [0.4, 0.5) is 0 Å². The number of hydrogen-bond donors (Lipinski definition) is 0. The fraction of sp³-hybridized carbons (Fsp3) is 0.562. The third-order valence-corrected chi connectivity index (χ3v) is 5.83. The lowest BCUT2D eigenvalue weighted by Gasteiger charge is -2.47. The third-order valence-electron chi connectivity index (χ3n) is 4.46. The molecule has 0 atom stereocenters. The van der Waals surface area contributed by atoms with Crippen molar-refractivity contribution in [2.24, 2.45) is 0 Å². The molecule has 126 valence electrons. The maximum absolute atomic E-state index is 12.4. The second kappa shape index (κ2) is 6.59. The molecule has 0 aliphatic carbocycles. The summed E-state index contributed by atoms with van der Waals surface area (Å²) in [6.07, 6.45) is 2.69. The minimum atomic E-state index is -3.30. The molecule has 2 aliphatic rings. The highest BCUT2D eigenvalue weighted by Gasteiger charge is 2.42. The maximum Gasteiger partial charge on any atom is 0.253 e. The SMILES string of the molecule is CS(=O)(=O)N(C1CCOCC1)C1CN(C(=O)c2ccccc2)C1. The molecule has 0 N–H and O–H groups in total. The number of likely N-dealkylation sites (tertiary alicyclic amines) is 1. The predicted octanol–water partition coefficient (Wildman–Crippen LogP) is 0.952. The molecule has 2 aliphatic heterocycles. The van der Waals surface area contributed by atoms with Crippen LogP contribution in [0.5, 0.6) is 0 Å². The van der Waals surface area contributed by atoms with Crippen LogP contribution in [0.15, 0.2) is 30.3 Å². The number of sulfonamides is 1. The van der Waals surface area contributed by atoms with Crippen LogP contribution in [0, 0.1) is 0 Å². The number of carbonyl (C=O) groups excluding carboxylic acids is 1. The van der Waals surface area contributed by atoms with E-state index in [1.165, 1.54) is 6.26 Å². The minimum absolute atomic E-state index is 0.0160. The highest BCUT2D eigenvalue weighted by molar-refractivity contribution is 7.88. The highest BCUT2D eigenvalue weighted by Crippen LogP contribution is 2.26. The Morgan fingerprint density at radius 3 is 2.30 bits per heavy atom. The first-order chi connectivity index (χ1) is 11.0. The molecule has 1 aromatic rings. The van der Waals surface area contributed by atoms with Crippen LogP contribution in [0.3, 0.4) is 0 Å². The van der Waals surface area contributed by atoms with Crippen LogP contribution >= 0.6 is 0 Å². The van der Waals surface area contributed by atoms with Crippen molar-refractivity contribution in [2.75, 3.05) is 32.6 Å². The number of hydrogen-bond acceptors (Lipinski definition) is 4. The van der Waals surface area contributed by atoms with Gasteiger partial charge in [0.2, 0.25) is 10.0 Å². The van der Waals surface area contributed by atoms with Gasteiger partial charge in [0, 0.05) is 37.9 Å². The summed E-state index contributed by atoms with van der Waals surface area (Å²) in [6.45, 7) is 2.10. The van der Waals surface area contributed by atoms with E-state index in [4.69, 9.17) is 4.74 Å². The monoisotopic (exact) mass is 338 g/mol. The quantitative estimate of drug-likeness (QED) is 0.820. The van der Waals surface area contributed by atoms with Gasteiger partial charge in [0.25, 0.3) is 5.91 Å². The van der Waals surface area contributed by atoms with Gasteiger partial charge in [-0.3, -0.25) is 4.79 Å². The molecule has 0 radical (unpaired) electrons. The Morgan fingerprint density at radius 1 is 1.13 bits per heavy atom. The lowest BCUT2D eigenvalue weighted by atomic mass is 10.0. The summed E-state index contributed by atoms with van der Waals surface area (Å²) in [7, 11) is -3.30. The second-order valence-corrected chi connectivity index (χ2v) is 8.05. The molecule has 2 fully saturated rings. The number of benzene rings is 1. The molecular formula is C16H22N2O4S. The summed E-state index contributed by atoms with van der Waals surface area (Å²) in [5, 5.41) is 0. The first kappa shape index (κ1) is 16.4. The van der Waals surface area contributed by atoms with Crippen molar-refractivity contribution in [1.29, 1.82) is 0 Å². The molecule has 3 rings (SSSR count). The van der Waals surface area contributed by atoms with E-state index in [1.807, 2.05) is 18.2 Å². The number of nitrogens with zero attached hydrogens (tertiary/aromatic N) is 2. The van der Waals surface area contributed by atoms with E-state index in [9.17, 15) is 13.2 Å². The Balaban J connectivity index is 1.67. The Labute approximate surface area is 137 Å². The number of rotatable bonds is 4. The first-order valence-corrected chi connectivity index (χ1v) is 9.72. The van der Waals surface area contributed by atoms with E-state index < -0.39 is 10.0 Å². The summed E-state index contributed by atoms with van der Waals surface area (Å²) in [5.74, 6) is -0.0396. The van der Waals surface area contributed by atoms with Gasteiger partial charge >= 0.3 is 0 Å². The zero-order valence-corrected chi connectivity index (χ0v) is 14.0. The summed E-state index contributed by atoms with van der Waals surface area (Å²) in [5.41, 5.74) is 0.642. The van der Waals surface area contributed by atoms with Gasteiger partial charge in [-0.15, -0.1) is 0 Å². The Kier molecular flexibility index (Phi) is 4.70. The molecule has 2 saturated heterocycles. The van der Waals surface area contributed by atoms with E-state index in [0.717, 1.165) is 12.8 Å². The van der Waals surface area contributed by atoms with Crippen molar-refractivity contribution in [3.63, 3.8) is 0 Å². The molecule has 6 nitrogen and oxygen atoms in total. The van der Waals surface area contributed by atoms with Crippen LogP contribution in [-0.4, -0.2) is 68.2 Å². The third kappa shape index (κ3) is 3.57. The van der Waals surface area contributed by atoms with Crippen molar-refractivity contribution < 1.29 is 17.9 Å². The van der Waals surface area contributed by atoms with Gasteiger partial charge in [0.1, 0.15) is 0 Å². The van der Waals surface area contributed by atoms with Gasteiger partial charge < -0.3 is 9.64 Å². The largest absolute Gasteiger partial charge is 0.381 e. The molecule has 0 saturated carbocycles. The van der Waals surface area contributed by atoms with Crippen LogP contribution in [0.1, 0.15) is 23.2 Å². The second-order valence-electron chi connectivity index (χ2n) is 6.17. The summed E-state index contributed by atoms with van der Waals surface area (Å²) in [4.78, 5) is 14.1. The molecule has 23 heavy (non-hydrogen) atoms. The van der Waals surface area contributed by atoms with Gasteiger partial charge in [0.15, 0.2) is 0 Å². The average molecular weight is 338 g/mol. The van der Waals surface area contributed by atoms with Gasteiger partial charge in [-0.05, 0) is 25.0 Å². The average Bonchev–Trinajstić information content (AvgIpc) is 2.50. The predicted molar refractivity (Wildman–Crippen MR) is 86.7 cm³/mol. The Morgan fingerprint density at radius 2 is 1.74 bits per heavy atom. The van der Waals surface area contributed by atoms with Crippen molar-refractivity contribution >= 4 is 15.9 Å². The van der Waals surface area contributed by atoms with E-state index >= 15 is 0 Å². The van der Waals surface area contributed by atoms with Gasteiger partial charge in [0.05, 0.1) is 12.3 Å². The normalized spacial score (nSPS) is 20.5. The maximum atomic E-state index is 12.4. The number of ether oxygens (including phenoxy) is 1. The minimum Gasteiger partial charge on any atom is -0.381 e. The smallest absolute Gasteiger partial charge is 0.253 e. The lowest BCUT2D eigenvalue weighted by molar-refractivity contribution is 0.0125. The summed E-state index contributed by atoms with van der Waals surface area (Å²) < 4.78 is 31.3. The molecule has 0 aromatic heterocycles. The van der Waals surface area contributed by atoms with Crippen molar-refractivity contribution in [3.05, 3.63) is 35.9 Å². The van der Waals surface area contributed by atoms with Crippen LogP contribution in [0.25, 0.3) is 0 Å².